The zero-order chi connectivity index (χ0) is 48.5. The van der Waals surface area contributed by atoms with Crippen LogP contribution < -0.4 is 22.5 Å². The Bertz CT molecular complexity index is 3140. The summed E-state index contributed by atoms with van der Waals surface area (Å²) in [4.78, 5) is 105. The lowest BCUT2D eigenvalue weighted by Gasteiger charge is -2.17. The zero-order valence-corrected chi connectivity index (χ0v) is 38.7. The van der Waals surface area contributed by atoms with E-state index in [4.69, 9.17) is 5.26 Å². The van der Waals surface area contributed by atoms with Gasteiger partial charge in [0, 0.05) is 70.3 Å². The maximum atomic E-state index is 13.5. The van der Waals surface area contributed by atoms with Crippen molar-refractivity contribution in [2.24, 2.45) is 0 Å². The second-order valence-electron chi connectivity index (χ2n) is 15.2. The van der Waals surface area contributed by atoms with Crippen molar-refractivity contribution in [3.05, 3.63) is 207 Å². The molecule has 19 heteroatoms. The van der Waals surface area contributed by atoms with Gasteiger partial charge in [-0.15, -0.1) is 0 Å². The summed E-state index contributed by atoms with van der Waals surface area (Å²) in [6.07, 6.45) is 14.6. The van der Waals surface area contributed by atoms with Crippen LogP contribution in [0.4, 0.5) is 0 Å². The first-order chi connectivity index (χ1) is 31.5. The van der Waals surface area contributed by atoms with Gasteiger partial charge in [-0.25, -0.2) is 39.5 Å². The minimum Gasteiger partial charge on any atom is -0.304 e. The van der Waals surface area contributed by atoms with Crippen LogP contribution in [0.15, 0.2) is 112 Å². The van der Waals surface area contributed by atoms with Crippen LogP contribution in [0.5, 0.6) is 0 Å². The van der Waals surface area contributed by atoms with E-state index in [-0.39, 0.29) is 59.4 Å². The minimum absolute atomic E-state index is 0. The number of halogens is 1. The first kappa shape index (κ1) is 53.2. The van der Waals surface area contributed by atoms with Gasteiger partial charge < -0.3 is 4.98 Å². The number of aryl methyl sites for hydroxylation is 3. The number of ketones is 2. The highest BCUT2D eigenvalue weighted by Gasteiger charge is 2.25. The number of H-pyrrole nitrogens is 3. The summed E-state index contributed by atoms with van der Waals surface area (Å²) in [7, 11) is 0. The number of hydrogen-bond acceptors (Lipinski definition) is 14. The molecule has 0 radical (unpaired) electrons. The summed E-state index contributed by atoms with van der Waals surface area (Å²) in [5, 5.41) is 19.1. The molecule has 7 aromatic rings. The van der Waals surface area contributed by atoms with E-state index in [1.165, 1.54) is 48.1 Å². The Morgan fingerprint density at radius 1 is 0.612 bits per heavy atom. The number of nitrogens with zero attached hydrogens (tertiary/aromatic N) is 9. The van der Waals surface area contributed by atoms with Crippen LogP contribution >= 0.6 is 15.9 Å². The van der Waals surface area contributed by atoms with Gasteiger partial charge in [-0.3, -0.25) is 33.7 Å². The molecule has 2 aromatic carbocycles. The average Bonchev–Trinajstić information content (AvgIpc) is 3.29. The molecule has 7 rings (SSSR count). The predicted octanol–water partition coefficient (Wildman–Crippen LogP) is 6.30. The van der Waals surface area contributed by atoms with E-state index in [0.717, 1.165) is 27.6 Å². The molecule has 0 aliphatic rings. The molecule has 0 aliphatic carbocycles. The maximum absolute atomic E-state index is 13.5. The highest BCUT2D eigenvalue weighted by Crippen LogP contribution is 2.21. The lowest BCUT2D eigenvalue weighted by atomic mass is 9.95. The molecule has 5 heterocycles. The lowest BCUT2D eigenvalue weighted by Crippen LogP contribution is -2.38. The van der Waals surface area contributed by atoms with Crippen LogP contribution in [0.1, 0.15) is 129 Å². The maximum Gasteiger partial charge on any atom is 0.329 e. The van der Waals surface area contributed by atoms with Crippen LogP contribution in [0, 0.1) is 43.4 Å². The van der Waals surface area contributed by atoms with E-state index in [0.29, 0.717) is 16.7 Å². The van der Waals surface area contributed by atoms with Gasteiger partial charge in [-0.1, -0.05) is 51.1 Å². The Kier molecular flexibility index (Phi) is 20.1. The fraction of sp³-hybridized carbons (Fsp3) is 0.250. The molecule has 0 amide bonds. The van der Waals surface area contributed by atoms with Gasteiger partial charge in [0.2, 0.25) is 11.6 Å². The van der Waals surface area contributed by atoms with Gasteiger partial charge in [0.1, 0.15) is 24.7 Å². The van der Waals surface area contributed by atoms with Crippen molar-refractivity contribution >= 4 is 27.5 Å². The molecule has 5 aromatic heterocycles. The smallest absolute Gasteiger partial charge is 0.304 e. The van der Waals surface area contributed by atoms with Crippen molar-refractivity contribution in [3.8, 4) is 12.1 Å². The summed E-state index contributed by atoms with van der Waals surface area (Å²) in [6, 6.07) is 13.5. The molecule has 344 valence electrons. The number of aromatic amines is 3. The molecule has 0 aliphatic heterocycles. The van der Waals surface area contributed by atoms with E-state index in [9.17, 15) is 34.0 Å². The highest BCUT2D eigenvalue weighted by molar-refractivity contribution is 9.08. The molecule has 0 fully saturated rings. The topological polar surface area (TPSA) is 280 Å². The number of carbonyl (C=O) groups excluding carboxylic acids is 2. The molecular formula is C48H49BrN12O6. The first-order valence-electron chi connectivity index (χ1n) is 20.1. The van der Waals surface area contributed by atoms with Gasteiger partial charge in [0.25, 0.3) is 11.1 Å². The monoisotopic (exact) mass is 968 g/mol. The van der Waals surface area contributed by atoms with Crippen LogP contribution in [0.25, 0.3) is 0 Å². The number of hydrogen-bond donors (Lipinski definition) is 3. The third-order valence-corrected chi connectivity index (χ3v) is 9.81. The first-order valence-corrected chi connectivity index (χ1v) is 21.2. The van der Waals surface area contributed by atoms with Crippen LogP contribution in [0.2, 0.25) is 0 Å². The number of alkyl halides is 1. The van der Waals surface area contributed by atoms with E-state index in [1.807, 2.05) is 19.1 Å². The number of carbonyl (C=O) groups is 2. The van der Waals surface area contributed by atoms with E-state index in [1.54, 1.807) is 90.6 Å². The molecule has 0 unspecified atom stereocenters. The van der Waals surface area contributed by atoms with E-state index >= 15 is 0 Å². The Hall–Kier alpha value is -8.16. The summed E-state index contributed by atoms with van der Waals surface area (Å²) in [6.45, 7) is 12.6. The average molecular weight is 970 g/mol. The molecule has 0 saturated carbocycles. The van der Waals surface area contributed by atoms with Gasteiger partial charge >= 0.3 is 11.4 Å². The fourth-order valence-corrected chi connectivity index (χ4v) is 6.64. The zero-order valence-electron chi connectivity index (χ0n) is 37.1. The highest BCUT2D eigenvalue weighted by atomic mass is 79.9. The SMILES string of the molecule is BrCc1cncnc1.C.Cc1cc(C#N)cc(C(=O)c2[nH]c(=O)[nH]c(=O)c2C(C)C)c1.Cc1cc(C#N)cc(C(=O)c2c(C(C)C)c(=O)[nH]c(=O)n2Cc2cncnc2)c1.Cc1cncnc1. The van der Waals surface area contributed by atoms with E-state index in [2.05, 4.69) is 60.8 Å². The Balaban J connectivity index is 0.000000272. The van der Waals surface area contributed by atoms with Crippen molar-refractivity contribution in [1.29, 1.82) is 10.5 Å². The van der Waals surface area contributed by atoms with Crippen molar-refractivity contribution in [2.45, 2.75) is 79.6 Å². The second kappa shape index (κ2) is 25.4. The van der Waals surface area contributed by atoms with Gasteiger partial charge in [-0.05, 0) is 91.3 Å². The minimum atomic E-state index is -0.731. The number of nitrogens with one attached hydrogen (secondary N) is 3. The Labute approximate surface area is 394 Å². The molecule has 0 atom stereocenters. The third-order valence-electron chi connectivity index (χ3n) is 9.16. The Morgan fingerprint density at radius 3 is 1.48 bits per heavy atom. The number of benzene rings is 2. The molecule has 0 bridgehead atoms. The molecule has 67 heavy (non-hydrogen) atoms. The van der Waals surface area contributed by atoms with Crippen LogP contribution in [0.3, 0.4) is 0 Å². The van der Waals surface area contributed by atoms with Crippen molar-refractivity contribution in [3.63, 3.8) is 0 Å². The fourth-order valence-electron chi connectivity index (χ4n) is 6.35. The van der Waals surface area contributed by atoms with Crippen molar-refractivity contribution < 1.29 is 9.59 Å². The predicted molar refractivity (Wildman–Crippen MR) is 255 cm³/mol. The summed E-state index contributed by atoms with van der Waals surface area (Å²) in [5.41, 5.74) is 3.30. The van der Waals surface area contributed by atoms with Crippen molar-refractivity contribution in [2.75, 3.05) is 0 Å². The summed E-state index contributed by atoms with van der Waals surface area (Å²) >= 11 is 3.28. The van der Waals surface area contributed by atoms with Crippen molar-refractivity contribution in [1.82, 2.24) is 49.4 Å². The number of rotatable bonds is 9. The number of aromatic nitrogens is 10. The normalized spacial score (nSPS) is 10.1. The third kappa shape index (κ3) is 14.9. The summed E-state index contributed by atoms with van der Waals surface area (Å²) < 4.78 is 1.23. The molecule has 0 saturated heterocycles. The van der Waals surface area contributed by atoms with Crippen LogP contribution in [-0.2, 0) is 11.9 Å². The molecular weight excluding hydrogens is 921 g/mol. The Morgan fingerprint density at radius 2 is 1.06 bits per heavy atom. The standard InChI is InChI=1S/C21H19N5O3.C16H15N3O3.C5H5BrN2.C5H6N2.CH4/c1-12(2)17-18(19(27)16-5-13(3)4-14(6-16)7-22)26(21(29)25-20(17)28)10-15-8-23-11-24-9-15;1-8(2)12-13(18-16(22)19-15(12)21)14(20)11-5-9(3)4-10(6-11)7-17;6-1-5-2-7-4-8-3-5;1-5-2-6-4-7-3-5;/h4-6,8-9,11-12H,10H2,1-3H3,(H,25,28,29);4-6,8H,1-3H3,(H2,18,19,21,22);2-4H,1H2;2-4H,1H3;1H4. The second-order valence-corrected chi connectivity index (χ2v) is 15.8. The van der Waals surface area contributed by atoms with Gasteiger partial charge in [0.05, 0.1) is 35.5 Å². The van der Waals surface area contributed by atoms with E-state index < -0.39 is 34.1 Å². The largest absolute Gasteiger partial charge is 0.329 e. The van der Waals surface area contributed by atoms with Gasteiger partial charge in [0.15, 0.2) is 0 Å². The van der Waals surface area contributed by atoms with Gasteiger partial charge in [-0.2, -0.15) is 10.5 Å². The lowest BCUT2D eigenvalue weighted by molar-refractivity contribution is 0.102. The molecule has 0 spiro atoms. The molecule has 3 N–H and O–H groups in total. The molecule has 18 nitrogen and oxygen atoms in total. The van der Waals surface area contributed by atoms with Crippen LogP contribution in [-0.4, -0.2) is 61.0 Å². The summed E-state index contributed by atoms with van der Waals surface area (Å²) in [5.74, 6) is -1.52. The quantitative estimate of drug-likeness (QED) is 0.106. The number of nitriles is 2.